The highest BCUT2D eigenvalue weighted by Gasteiger charge is 2.20. The summed E-state index contributed by atoms with van der Waals surface area (Å²) in [5.41, 5.74) is 0. The summed E-state index contributed by atoms with van der Waals surface area (Å²) in [6, 6.07) is 0.857. The lowest BCUT2D eigenvalue weighted by Gasteiger charge is -2.30. The van der Waals surface area contributed by atoms with Crippen molar-refractivity contribution in [2.45, 2.75) is 70.8 Å². The van der Waals surface area contributed by atoms with E-state index in [1.165, 1.54) is 64.3 Å². The maximum Gasteiger partial charge on any atom is 0.00671 e. The Morgan fingerprint density at radius 1 is 0.933 bits per heavy atom. The molecule has 0 radical (unpaired) electrons. The van der Waals surface area contributed by atoms with E-state index in [1.54, 1.807) is 0 Å². The molecule has 15 heavy (non-hydrogen) atoms. The van der Waals surface area contributed by atoms with Gasteiger partial charge in [-0.2, -0.15) is 0 Å². The molecule has 0 spiro atoms. The quantitative estimate of drug-likeness (QED) is 0.746. The lowest BCUT2D eigenvalue weighted by molar-refractivity contribution is 0.256. The van der Waals surface area contributed by atoms with E-state index in [2.05, 4.69) is 12.2 Å². The van der Waals surface area contributed by atoms with Crippen molar-refractivity contribution in [2.75, 3.05) is 6.54 Å². The highest BCUT2D eigenvalue weighted by molar-refractivity contribution is 4.76. The molecule has 2 rings (SSSR count). The zero-order chi connectivity index (χ0) is 10.5. The third kappa shape index (κ3) is 3.79. The van der Waals surface area contributed by atoms with Crippen molar-refractivity contribution in [3.05, 3.63) is 0 Å². The normalized spacial score (nSPS) is 34.2. The molecule has 1 heteroatoms. The van der Waals surface area contributed by atoms with Gasteiger partial charge in [-0.3, -0.25) is 0 Å². The van der Waals surface area contributed by atoms with E-state index in [-0.39, 0.29) is 0 Å². The monoisotopic (exact) mass is 209 g/mol. The van der Waals surface area contributed by atoms with Crippen LogP contribution in [0.1, 0.15) is 64.7 Å². The first kappa shape index (κ1) is 11.4. The van der Waals surface area contributed by atoms with Gasteiger partial charge in [-0.15, -0.1) is 0 Å². The molecule has 0 amide bonds. The SMILES string of the molecule is CC1CCCC(CNC2CCCCC2)C1. The van der Waals surface area contributed by atoms with Crippen molar-refractivity contribution in [1.82, 2.24) is 5.32 Å². The molecule has 1 N–H and O–H groups in total. The van der Waals surface area contributed by atoms with E-state index >= 15 is 0 Å². The van der Waals surface area contributed by atoms with Crippen LogP contribution < -0.4 is 5.32 Å². The van der Waals surface area contributed by atoms with Crippen LogP contribution in [0.2, 0.25) is 0 Å². The van der Waals surface area contributed by atoms with Crippen LogP contribution >= 0.6 is 0 Å². The Bertz CT molecular complexity index is 172. The number of rotatable bonds is 3. The minimum atomic E-state index is 0.857. The molecule has 2 saturated carbocycles. The van der Waals surface area contributed by atoms with E-state index in [0.29, 0.717) is 0 Å². The van der Waals surface area contributed by atoms with Crippen LogP contribution in [0, 0.1) is 11.8 Å². The maximum atomic E-state index is 3.81. The molecule has 0 saturated heterocycles. The zero-order valence-corrected chi connectivity index (χ0v) is 10.3. The zero-order valence-electron chi connectivity index (χ0n) is 10.3. The number of nitrogens with one attached hydrogen (secondary N) is 1. The lowest BCUT2D eigenvalue weighted by Crippen LogP contribution is -2.36. The first-order valence-electron chi connectivity index (χ1n) is 7.08. The second-order valence-corrected chi connectivity index (χ2v) is 5.88. The van der Waals surface area contributed by atoms with E-state index < -0.39 is 0 Å². The molecular weight excluding hydrogens is 182 g/mol. The van der Waals surface area contributed by atoms with Gasteiger partial charge in [-0.1, -0.05) is 39.0 Å². The Kier molecular flexibility index (Phi) is 4.49. The van der Waals surface area contributed by atoms with E-state index in [4.69, 9.17) is 0 Å². The molecule has 0 bridgehead atoms. The van der Waals surface area contributed by atoms with Gasteiger partial charge in [-0.05, 0) is 44.1 Å². The lowest BCUT2D eigenvalue weighted by atomic mass is 9.82. The predicted octanol–water partition coefficient (Wildman–Crippen LogP) is 3.74. The Morgan fingerprint density at radius 3 is 2.47 bits per heavy atom. The van der Waals surface area contributed by atoms with Crippen molar-refractivity contribution in [1.29, 1.82) is 0 Å². The average molecular weight is 209 g/mol. The van der Waals surface area contributed by atoms with E-state index in [0.717, 1.165) is 17.9 Å². The summed E-state index contributed by atoms with van der Waals surface area (Å²) in [5, 5.41) is 3.81. The van der Waals surface area contributed by atoms with E-state index in [9.17, 15) is 0 Å². The van der Waals surface area contributed by atoms with Crippen LogP contribution in [0.5, 0.6) is 0 Å². The molecule has 0 heterocycles. The highest BCUT2D eigenvalue weighted by Crippen LogP contribution is 2.28. The Morgan fingerprint density at radius 2 is 1.73 bits per heavy atom. The van der Waals surface area contributed by atoms with Gasteiger partial charge in [0.15, 0.2) is 0 Å². The third-order valence-electron chi connectivity index (χ3n) is 4.35. The van der Waals surface area contributed by atoms with Crippen LogP contribution in [0.25, 0.3) is 0 Å². The van der Waals surface area contributed by atoms with Gasteiger partial charge in [0.05, 0.1) is 0 Å². The van der Waals surface area contributed by atoms with Gasteiger partial charge < -0.3 is 5.32 Å². The first-order valence-corrected chi connectivity index (χ1v) is 7.08. The average Bonchev–Trinajstić information content (AvgIpc) is 2.28. The van der Waals surface area contributed by atoms with Crippen molar-refractivity contribution < 1.29 is 0 Å². The van der Waals surface area contributed by atoms with Crippen LogP contribution in [0.4, 0.5) is 0 Å². The molecule has 2 aliphatic carbocycles. The smallest absolute Gasteiger partial charge is 0.00671 e. The van der Waals surface area contributed by atoms with Gasteiger partial charge >= 0.3 is 0 Å². The van der Waals surface area contributed by atoms with Crippen molar-refractivity contribution in [2.24, 2.45) is 11.8 Å². The van der Waals surface area contributed by atoms with Gasteiger partial charge in [0, 0.05) is 6.04 Å². The molecule has 1 nitrogen and oxygen atoms in total. The second-order valence-electron chi connectivity index (χ2n) is 5.88. The van der Waals surface area contributed by atoms with Gasteiger partial charge in [-0.25, -0.2) is 0 Å². The largest absolute Gasteiger partial charge is 0.314 e. The molecule has 2 unspecified atom stereocenters. The topological polar surface area (TPSA) is 12.0 Å². The van der Waals surface area contributed by atoms with Crippen molar-refractivity contribution >= 4 is 0 Å². The fourth-order valence-electron chi connectivity index (χ4n) is 3.39. The molecule has 0 aromatic rings. The molecular formula is C14H27N. The van der Waals surface area contributed by atoms with Crippen LogP contribution in [-0.2, 0) is 0 Å². The fraction of sp³-hybridized carbons (Fsp3) is 1.00. The number of hydrogen-bond donors (Lipinski definition) is 1. The van der Waals surface area contributed by atoms with Crippen LogP contribution in [0.3, 0.4) is 0 Å². The van der Waals surface area contributed by atoms with Gasteiger partial charge in [0.2, 0.25) is 0 Å². The summed E-state index contributed by atoms with van der Waals surface area (Å²) in [5.74, 6) is 1.97. The molecule has 0 aliphatic heterocycles. The van der Waals surface area contributed by atoms with Crippen molar-refractivity contribution in [3.8, 4) is 0 Å². The van der Waals surface area contributed by atoms with Crippen LogP contribution in [-0.4, -0.2) is 12.6 Å². The predicted molar refractivity (Wildman–Crippen MR) is 66.0 cm³/mol. The summed E-state index contributed by atoms with van der Waals surface area (Å²) in [7, 11) is 0. The Labute approximate surface area is 95.0 Å². The fourth-order valence-corrected chi connectivity index (χ4v) is 3.39. The minimum absolute atomic E-state index is 0.857. The molecule has 0 aromatic heterocycles. The summed E-state index contributed by atoms with van der Waals surface area (Å²) in [6.07, 6.45) is 13.1. The molecule has 2 atom stereocenters. The van der Waals surface area contributed by atoms with E-state index in [1.807, 2.05) is 0 Å². The maximum absolute atomic E-state index is 3.81. The molecule has 2 fully saturated rings. The van der Waals surface area contributed by atoms with Crippen molar-refractivity contribution in [3.63, 3.8) is 0 Å². The molecule has 0 aromatic carbocycles. The van der Waals surface area contributed by atoms with Gasteiger partial charge in [0.25, 0.3) is 0 Å². The molecule has 88 valence electrons. The Balaban J connectivity index is 1.63. The standard InChI is InChI=1S/C14H27N/c1-12-6-5-7-13(10-12)11-15-14-8-3-2-4-9-14/h12-15H,2-11H2,1H3. The second kappa shape index (κ2) is 5.89. The first-order chi connectivity index (χ1) is 7.34. The minimum Gasteiger partial charge on any atom is -0.314 e. The van der Waals surface area contributed by atoms with Gasteiger partial charge in [0.1, 0.15) is 0 Å². The summed E-state index contributed by atoms with van der Waals surface area (Å²) >= 11 is 0. The summed E-state index contributed by atoms with van der Waals surface area (Å²) in [6.45, 7) is 3.72. The van der Waals surface area contributed by atoms with Crippen LogP contribution in [0.15, 0.2) is 0 Å². The summed E-state index contributed by atoms with van der Waals surface area (Å²) in [4.78, 5) is 0. The Hall–Kier alpha value is -0.0400. The molecule has 2 aliphatic rings. The highest BCUT2D eigenvalue weighted by atomic mass is 14.9. The number of hydrogen-bond acceptors (Lipinski definition) is 1. The summed E-state index contributed by atoms with van der Waals surface area (Å²) < 4.78 is 0. The third-order valence-corrected chi connectivity index (χ3v) is 4.35.